The van der Waals surface area contributed by atoms with Crippen molar-refractivity contribution in [1.29, 1.82) is 0 Å². The van der Waals surface area contributed by atoms with Crippen molar-refractivity contribution < 1.29 is 19.1 Å². The highest BCUT2D eigenvalue weighted by molar-refractivity contribution is 6.01. The highest BCUT2D eigenvalue weighted by Crippen LogP contribution is 2.30. The van der Waals surface area contributed by atoms with Crippen LogP contribution in [-0.4, -0.2) is 45.3 Å². The number of carbonyl (C=O) groups is 2. The normalized spacial score (nSPS) is 11.7. The molecule has 194 valence electrons. The third-order valence-corrected chi connectivity index (χ3v) is 5.97. The van der Waals surface area contributed by atoms with E-state index in [0.29, 0.717) is 40.6 Å². The molecule has 0 spiro atoms. The van der Waals surface area contributed by atoms with Crippen molar-refractivity contribution in [2.45, 2.75) is 52.8 Å². The van der Waals surface area contributed by atoms with E-state index in [1.165, 1.54) is 11.7 Å². The maximum atomic E-state index is 13.9. The van der Waals surface area contributed by atoms with Crippen molar-refractivity contribution in [2.24, 2.45) is 5.73 Å². The number of aromatic nitrogens is 3. The highest BCUT2D eigenvalue weighted by Gasteiger charge is 2.22. The van der Waals surface area contributed by atoms with Gasteiger partial charge in [-0.15, -0.1) is 0 Å². The third-order valence-electron chi connectivity index (χ3n) is 5.97. The first-order valence-electron chi connectivity index (χ1n) is 12.2. The van der Waals surface area contributed by atoms with Gasteiger partial charge in [0.05, 0.1) is 23.7 Å². The number of aryl methyl sites for hydroxylation is 2. The first-order valence-corrected chi connectivity index (χ1v) is 12.2. The standard InChI is InChI=1S/C28H32N4O5/c1-17-7-9-23-21(13-17)30-25(26(34)32(23)16-24(33)37-28(2,3)4)20-15-31(12-6-11-29)22-10-8-18(14-19(20)22)27(35)36-5/h7-10,13-15H,6,11-12,16,29H2,1-5H3. The van der Waals surface area contributed by atoms with Crippen molar-refractivity contribution in [3.8, 4) is 11.3 Å². The Morgan fingerprint density at radius 3 is 2.49 bits per heavy atom. The lowest BCUT2D eigenvalue weighted by molar-refractivity contribution is -0.155. The van der Waals surface area contributed by atoms with E-state index in [1.54, 1.807) is 39.0 Å². The zero-order valence-corrected chi connectivity index (χ0v) is 21.8. The molecular weight excluding hydrogens is 472 g/mol. The second-order valence-electron chi connectivity index (χ2n) is 10.0. The fraction of sp³-hybridized carbons (Fsp3) is 0.357. The maximum absolute atomic E-state index is 13.9. The minimum absolute atomic E-state index is 0.181. The Kier molecular flexibility index (Phi) is 7.18. The Labute approximate surface area is 214 Å². The largest absolute Gasteiger partial charge is 0.465 e. The van der Waals surface area contributed by atoms with E-state index in [4.69, 9.17) is 20.2 Å². The number of nitrogens with zero attached hydrogens (tertiary/aromatic N) is 3. The summed E-state index contributed by atoms with van der Waals surface area (Å²) in [5.74, 6) is -1.00. The molecular formula is C28H32N4O5. The van der Waals surface area contributed by atoms with E-state index >= 15 is 0 Å². The average Bonchev–Trinajstić information content (AvgIpc) is 3.20. The quantitative estimate of drug-likeness (QED) is 0.380. The first-order chi connectivity index (χ1) is 17.5. The van der Waals surface area contributed by atoms with Crippen LogP contribution in [0.2, 0.25) is 0 Å². The minimum Gasteiger partial charge on any atom is -0.465 e. The van der Waals surface area contributed by atoms with Gasteiger partial charge in [-0.1, -0.05) is 6.07 Å². The molecule has 0 saturated heterocycles. The summed E-state index contributed by atoms with van der Waals surface area (Å²) in [5, 5.41) is 0.681. The number of nitrogens with two attached hydrogens (primary N) is 1. The van der Waals surface area contributed by atoms with Gasteiger partial charge in [0.25, 0.3) is 5.56 Å². The van der Waals surface area contributed by atoms with Gasteiger partial charge in [-0.25, -0.2) is 9.78 Å². The van der Waals surface area contributed by atoms with Gasteiger partial charge in [0.2, 0.25) is 0 Å². The van der Waals surface area contributed by atoms with Crippen molar-refractivity contribution in [3.05, 3.63) is 64.1 Å². The van der Waals surface area contributed by atoms with Crippen LogP contribution >= 0.6 is 0 Å². The summed E-state index contributed by atoms with van der Waals surface area (Å²) < 4.78 is 13.8. The topological polar surface area (TPSA) is 118 Å². The van der Waals surface area contributed by atoms with Crippen molar-refractivity contribution in [2.75, 3.05) is 13.7 Å². The lowest BCUT2D eigenvalue weighted by atomic mass is 10.1. The number of hydrogen-bond acceptors (Lipinski definition) is 7. The molecule has 0 aliphatic heterocycles. The van der Waals surface area contributed by atoms with Crippen LogP contribution in [0.25, 0.3) is 33.2 Å². The molecule has 0 saturated carbocycles. The Bertz CT molecular complexity index is 1560. The molecule has 0 fully saturated rings. The number of ether oxygens (including phenoxy) is 2. The lowest BCUT2D eigenvalue weighted by Gasteiger charge is -2.20. The van der Waals surface area contributed by atoms with E-state index in [1.807, 2.05) is 35.9 Å². The smallest absolute Gasteiger partial charge is 0.337 e. The number of esters is 2. The van der Waals surface area contributed by atoms with E-state index in [2.05, 4.69) is 0 Å². The fourth-order valence-electron chi connectivity index (χ4n) is 4.37. The number of hydrogen-bond donors (Lipinski definition) is 1. The molecule has 0 bridgehead atoms. The molecule has 2 heterocycles. The summed E-state index contributed by atoms with van der Waals surface area (Å²) in [6.07, 6.45) is 2.58. The van der Waals surface area contributed by atoms with Gasteiger partial charge in [-0.3, -0.25) is 14.2 Å². The highest BCUT2D eigenvalue weighted by atomic mass is 16.6. The summed E-state index contributed by atoms with van der Waals surface area (Å²) in [6, 6.07) is 10.7. The molecule has 0 radical (unpaired) electrons. The van der Waals surface area contributed by atoms with Gasteiger partial charge in [0.1, 0.15) is 17.8 Å². The van der Waals surface area contributed by atoms with Crippen LogP contribution in [0.1, 0.15) is 43.1 Å². The summed E-state index contributed by atoms with van der Waals surface area (Å²) in [6.45, 7) is 8.15. The Morgan fingerprint density at radius 2 is 1.81 bits per heavy atom. The molecule has 37 heavy (non-hydrogen) atoms. The summed E-state index contributed by atoms with van der Waals surface area (Å²) in [4.78, 5) is 43.7. The summed E-state index contributed by atoms with van der Waals surface area (Å²) in [5.41, 5.74) is 8.64. The molecule has 0 unspecified atom stereocenters. The van der Waals surface area contributed by atoms with Crippen LogP contribution in [0, 0.1) is 6.92 Å². The van der Waals surface area contributed by atoms with Crippen LogP contribution in [-0.2, 0) is 27.4 Å². The Balaban J connectivity index is 1.98. The van der Waals surface area contributed by atoms with E-state index < -0.39 is 23.1 Å². The molecule has 2 aromatic heterocycles. The predicted molar refractivity (Wildman–Crippen MR) is 143 cm³/mol. The van der Waals surface area contributed by atoms with Crippen molar-refractivity contribution in [1.82, 2.24) is 14.1 Å². The van der Waals surface area contributed by atoms with Crippen LogP contribution in [0.3, 0.4) is 0 Å². The van der Waals surface area contributed by atoms with E-state index in [0.717, 1.165) is 17.5 Å². The molecule has 9 heteroatoms. The van der Waals surface area contributed by atoms with Crippen LogP contribution in [0.15, 0.2) is 47.4 Å². The average molecular weight is 505 g/mol. The molecule has 2 aromatic carbocycles. The number of rotatable bonds is 7. The van der Waals surface area contributed by atoms with Crippen LogP contribution in [0.4, 0.5) is 0 Å². The van der Waals surface area contributed by atoms with Gasteiger partial charge in [0.15, 0.2) is 0 Å². The molecule has 0 atom stereocenters. The first kappa shape index (κ1) is 26.1. The third kappa shape index (κ3) is 5.41. The van der Waals surface area contributed by atoms with Gasteiger partial charge in [-0.2, -0.15) is 0 Å². The second-order valence-corrected chi connectivity index (χ2v) is 10.0. The van der Waals surface area contributed by atoms with Crippen LogP contribution < -0.4 is 11.3 Å². The van der Waals surface area contributed by atoms with Crippen molar-refractivity contribution >= 4 is 33.9 Å². The van der Waals surface area contributed by atoms with Gasteiger partial charge >= 0.3 is 11.9 Å². The molecule has 0 amide bonds. The second kappa shape index (κ2) is 10.2. The molecule has 2 N–H and O–H groups in total. The maximum Gasteiger partial charge on any atom is 0.337 e. The molecule has 9 nitrogen and oxygen atoms in total. The predicted octanol–water partition coefficient (Wildman–Crippen LogP) is 3.80. The molecule has 4 rings (SSSR count). The number of carbonyl (C=O) groups excluding carboxylic acids is 2. The fourth-order valence-corrected chi connectivity index (χ4v) is 4.37. The Hall–Kier alpha value is -3.98. The van der Waals surface area contributed by atoms with Crippen LogP contribution in [0.5, 0.6) is 0 Å². The SMILES string of the molecule is COC(=O)c1ccc2c(c1)c(-c1nc3cc(C)ccc3n(CC(=O)OC(C)(C)C)c1=O)cn2CCCN. The number of methoxy groups -OCH3 is 1. The van der Waals surface area contributed by atoms with E-state index in [9.17, 15) is 14.4 Å². The summed E-state index contributed by atoms with van der Waals surface area (Å²) in [7, 11) is 1.32. The zero-order valence-electron chi connectivity index (χ0n) is 21.8. The molecule has 0 aliphatic rings. The molecule has 4 aromatic rings. The Morgan fingerprint density at radius 1 is 1.08 bits per heavy atom. The number of fused-ring (bicyclic) bond motifs is 2. The monoisotopic (exact) mass is 504 g/mol. The summed E-state index contributed by atoms with van der Waals surface area (Å²) >= 11 is 0. The molecule has 0 aliphatic carbocycles. The van der Waals surface area contributed by atoms with Crippen molar-refractivity contribution in [3.63, 3.8) is 0 Å². The number of benzene rings is 2. The van der Waals surface area contributed by atoms with Gasteiger partial charge in [0, 0.05) is 29.2 Å². The lowest BCUT2D eigenvalue weighted by Crippen LogP contribution is -2.31. The van der Waals surface area contributed by atoms with Gasteiger partial charge < -0.3 is 19.8 Å². The van der Waals surface area contributed by atoms with E-state index in [-0.39, 0.29) is 12.2 Å². The minimum atomic E-state index is -0.691. The van der Waals surface area contributed by atoms with Gasteiger partial charge in [-0.05, 0) is 76.6 Å². The zero-order chi connectivity index (χ0) is 26.9.